The molecule has 0 fully saturated rings. The molecule has 0 saturated heterocycles. The molecule has 21 heavy (non-hydrogen) atoms. The van der Waals surface area contributed by atoms with Gasteiger partial charge in [-0.25, -0.2) is 9.97 Å². The van der Waals surface area contributed by atoms with Crippen LogP contribution in [0.1, 0.15) is 44.4 Å². The second-order valence-electron chi connectivity index (χ2n) is 5.24. The van der Waals surface area contributed by atoms with E-state index in [0.717, 1.165) is 35.9 Å². The normalized spacial score (nSPS) is 10.7. The lowest BCUT2D eigenvalue weighted by molar-refractivity contribution is 0.838. The third-order valence-corrected chi connectivity index (χ3v) is 3.17. The summed E-state index contributed by atoms with van der Waals surface area (Å²) in [5.74, 6) is 2.14. The van der Waals surface area contributed by atoms with E-state index in [9.17, 15) is 0 Å². The third kappa shape index (κ3) is 4.15. The Kier molecular flexibility index (Phi) is 5.49. The Balaban J connectivity index is 2.17. The first kappa shape index (κ1) is 15.2. The summed E-state index contributed by atoms with van der Waals surface area (Å²) in [5, 5.41) is 6.75. The van der Waals surface area contributed by atoms with Crippen LogP contribution in [-0.2, 0) is 6.54 Å². The van der Waals surface area contributed by atoms with E-state index in [0.29, 0.717) is 12.5 Å². The molecule has 0 amide bonds. The molecule has 2 aromatic heterocycles. The number of pyridine rings is 1. The van der Waals surface area contributed by atoms with Crippen molar-refractivity contribution in [3.63, 3.8) is 0 Å². The van der Waals surface area contributed by atoms with E-state index in [1.54, 1.807) is 12.5 Å². The first-order valence-corrected chi connectivity index (χ1v) is 7.45. The van der Waals surface area contributed by atoms with Crippen molar-refractivity contribution >= 4 is 11.6 Å². The van der Waals surface area contributed by atoms with Crippen LogP contribution in [-0.4, -0.2) is 21.5 Å². The minimum atomic E-state index is 0.344. The van der Waals surface area contributed by atoms with Gasteiger partial charge < -0.3 is 10.6 Å². The van der Waals surface area contributed by atoms with Crippen LogP contribution in [0.5, 0.6) is 0 Å². The van der Waals surface area contributed by atoms with E-state index in [-0.39, 0.29) is 0 Å². The topological polar surface area (TPSA) is 62.7 Å². The Hall–Kier alpha value is -2.17. The van der Waals surface area contributed by atoms with Gasteiger partial charge in [-0.05, 0) is 24.5 Å². The molecule has 0 bridgehead atoms. The van der Waals surface area contributed by atoms with Crippen molar-refractivity contribution in [2.45, 2.75) is 39.7 Å². The van der Waals surface area contributed by atoms with Gasteiger partial charge in [0.2, 0.25) is 0 Å². The second kappa shape index (κ2) is 7.57. The van der Waals surface area contributed by atoms with Crippen LogP contribution >= 0.6 is 0 Å². The van der Waals surface area contributed by atoms with Crippen molar-refractivity contribution in [1.82, 2.24) is 15.0 Å². The van der Waals surface area contributed by atoms with Gasteiger partial charge in [-0.1, -0.05) is 26.8 Å². The van der Waals surface area contributed by atoms with Gasteiger partial charge in [0.15, 0.2) is 0 Å². The molecule has 2 rings (SSSR count). The van der Waals surface area contributed by atoms with Crippen LogP contribution < -0.4 is 10.6 Å². The summed E-state index contributed by atoms with van der Waals surface area (Å²) >= 11 is 0. The molecule has 0 aliphatic heterocycles. The van der Waals surface area contributed by atoms with Crippen LogP contribution in [0, 0.1) is 0 Å². The maximum atomic E-state index is 4.39. The van der Waals surface area contributed by atoms with Gasteiger partial charge in [0.05, 0.1) is 12.2 Å². The van der Waals surface area contributed by atoms with Crippen LogP contribution in [0.4, 0.5) is 11.6 Å². The van der Waals surface area contributed by atoms with Crippen LogP contribution in [0.2, 0.25) is 0 Å². The monoisotopic (exact) mass is 285 g/mol. The molecule has 0 radical (unpaired) electrons. The summed E-state index contributed by atoms with van der Waals surface area (Å²) in [6.07, 6.45) is 4.47. The number of anilines is 2. The smallest absolute Gasteiger partial charge is 0.135 e. The van der Waals surface area contributed by atoms with Gasteiger partial charge in [-0.15, -0.1) is 0 Å². The SMILES string of the molecule is CCCNc1ncnc(NCc2ccccn2)c1C(C)C. The summed E-state index contributed by atoms with van der Waals surface area (Å²) < 4.78 is 0. The number of nitrogens with zero attached hydrogens (tertiary/aromatic N) is 3. The molecular formula is C16H23N5. The summed E-state index contributed by atoms with van der Waals surface area (Å²) in [5.41, 5.74) is 2.12. The van der Waals surface area contributed by atoms with Crippen molar-refractivity contribution in [2.24, 2.45) is 0 Å². The van der Waals surface area contributed by atoms with Gasteiger partial charge >= 0.3 is 0 Å². The van der Waals surface area contributed by atoms with Crippen LogP contribution in [0.3, 0.4) is 0 Å². The second-order valence-corrected chi connectivity index (χ2v) is 5.24. The highest BCUT2D eigenvalue weighted by Gasteiger charge is 2.14. The van der Waals surface area contributed by atoms with Crippen LogP contribution in [0.15, 0.2) is 30.7 Å². The molecular weight excluding hydrogens is 262 g/mol. The minimum Gasteiger partial charge on any atom is -0.370 e. The number of rotatable bonds is 7. The lowest BCUT2D eigenvalue weighted by Gasteiger charge is -2.17. The lowest BCUT2D eigenvalue weighted by atomic mass is 10.0. The number of hydrogen-bond acceptors (Lipinski definition) is 5. The molecule has 0 aromatic carbocycles. The molecule has 2 N–H and O–H groups in total. The highest BCUT2D eigenvalue weighted by molar-refractivity contribution is 5.59. The van der Waals surface area contributed by atoms with Crippen molar-refractivity contribution in [3.8, 4) is 0 Å². The fraction of sp³-hybridized carbons (Fsp3) is 0.438. The number of nitrogens with one attached hydrogen (secondary N) is 2. The molecule has 0 atom stereocenters. The Bertz CT molecular complexity index is 554. The van der Waals surface area contributed by atoms with Gasteiger partial charge in [-0.3, -0.25) is 4.98 Å². The van der Waals surface area contributed by atoms with E-state index >= 15 is 0 Å². The van der Waals surface area contributed by atoms with E-state index < -0.39 is 0 Å². The van der Waals surface area contributed by atoms with E-state index in [1.807, 2.05) is 18.2 Å². The zero-order valence-corrected chi connectivity index (χ0v) is 12.9. The third-order valence-electron chi connectivity index (χ3n) is 3.17. The Labute approximate surface area is 126 Å². The average molecular weight is 285 g/mol. The molecule has 2 aromatic rings. The zero-order chi connectivity index (χ0) is 15.1. The van der Waals surface area contributed by atoms with Gasteiger partial charge in [0, 0.05) is 18.3 Å². The fourth-order valence-corrected chi connectivity index (χ4v) is 2.14. The van der Waals surface area contributed by atoms with Gasteiger partial charge in [0.25, 0.3) is 0 Å². The molecule has 0 saturated carbocycles. The van der Waals surface area contributed by atoms with Crippen LogP contribution in [0.25, 0.3) is 0 Å². The van der Waals surface area contributed by atoms with E-state index in [4.69, 9.17) is 0 Å². The largest absolute Gasteiger partial charge is 0.370 e. The minimum absolute atomic E-state index is 0.344. The fourth-order valence-electron chi connectivity index (χ4n) is 2.14. The Morgan fingerprint density at radius 3 is 2.43 bits per heavy atom. The first-order chi connectivity index (χ1) is 10.2. The Morgan fingerprint density at radius 1 is 1.05 bits per heavy atom. The Morgan fingerprint density at radius 2 is 1.81 bits per heavy atom. The molecule has 112 valence electrons. The number of aromatic nitrogens is 3. The maximum absolute atomic E-state index is 4.39. The summed E-state index contributed by atoms with van der Waals surface area (Å²) in [4.78, 5) is 13.1. The van der Waals surface area contributed by atoms with Crippen molar-refractivity contribution < 1.29 is 0 Å². The highest BCUT2D eigenvalue weighted by atomic mass is 15.1. The standard InChI is InChI=1S/C16H23N5/c1-4-8-18-15-14(12(2)3)16(21-11-20-15)19-10-13-7-5-6-9-17-13/h5-7,9,11-12H,4,8,10H2,1-3H3,(H2,18,19,20,21). The molecule has 2 heterocycles. The summed E-state index contributed by atoms with van der Waals surface area (Å²) in [6, 6.07) is 5.90. The lowest BCUT2D eigenvalue weighted by Crippen LogP contribution is -2.12. The average Bonchev–Trinajstić information content (AvgIpc) is 2.51. The van der Waals surface area contributed by atoms with Gasteiger partial charge in [0.1, 0.15) is 18.0 Å². The quantitative estimate of drug-likeness (QED) is 0.816. The zero-order valence-electron chi connectivity index (χ0n) is 12.9. The molecule has 0 aliphatic carbocycles. The van der Waals surface area contributed by atoms with E-state index in [1.165, 1.54) is 0 Å². The molecule has 0 spiro atoms. The molecule has 5 nitrogen and oxygen atoms in total. The van der Waals surface area contributed by atoms with Gasteiger partial charge in [-0.2, -0.15) is 0 Å². The van der Waals surface area contributed by atoms with Crippen molar-refractivity contribution in [2.75, 3.05) is 17.2 Å². The summed E-state index contributed by atoms with van der Waals surface area (Å²) in [7, 11) is 0. The first-order valence-electron chi connectivity index (χ1n) is 7.45. The predicted molar refractivity (Wildman–Crippen MR) is 86.5 cm³/mol. The maximum Gasteiger partial charge on any atom is 0.135 e. The molecule has 0 aliphatic rings. The highest BCUT2D eigenvalue weighted by Crippen LogP contribution is 2.28. The molecule has 5 heteroatoms. The predicted octanol–water partition coefficient (Wildman–Crippen LogP) is 3.43. The molecule has 0 unspecified atom stereocenters. The van der Waals surface area contributed by atoms with E-state index in [2.05, 4.69) is 46.4 Å². The summed E-state index contributed by atoms with van der Waals surface area (Å²) in [6.45, 7) is 8.02. The number of hydrogen-bond donors (Lipinski definition) is 2. The van der Waals surface area contributed by atoms with Crippen molar-refractivity contribution in [3.05, 3.63) is 42.0 Å². The van der Waals surface area contributed by atoms with Crippen molar-refractivity contribution in [1.29, 1.82) is 0 Å².